The highest BCUT2D eigenvalue weighted by atomic mass is 32.2. The minimum Gasteiger partial charge on any atom is -0.469 e. The summed E-state index contributed by atoms with van der Waals surface area (Å²) in [7, 11) is 1.43. The van der Waals surface area contributed by atoms with E-state index in [4.69, 9.17) is 0 Å². The lowest BCUT2D eigenvalue weighted by Gasteiger charge is -2.08. The number of esters is 1. The Morgan fingerprint density at radius 3 is 3.06 bits per heavy atom. The van der Waals surface area contributed by atoms with E-state index in [1.807, 2.05) is 6.07 Å². The molecule has 1 aliphatic rings. The van der Waals surface area contributed by atoms with E-state index in [1.54, 1.807) is 11.3 Å². The minimum absolute atomic E-state index is 0.167. The van der Waals surface area contributed by atoms with Gasteiger partial charge in [-0.15, -0.1) is 11.3 Å². The molecule has 0 amide bonds. The summed E-state index contributed by atoms with van der Waals surface area (Å²) >= 11 is 3.74. The Morgan fingerprint density at radius 2 is 2.33 bits per heavy atom. The van der Waals surface area contributed by atoms with Crippen molar-refractivity contribution in [2.45, 2.75) is 19.4 Å². The van der Waals surface area contributed by atoms with Gasteiger partial charge in [0, 0.05) is 16.3 Å². The van der Waals surface area contributed by atoms with Crippen LogP contribution in [0, 0.1) is 5.92 Å². The van der Waals surface area contributed by atoms with Crippen LogP contribution in [0.4, 0.5) is 0 Å². The molecule has 5 heteroatoms. The Labute approximate surface area is 116 Å². The first-order valence-corrected chi connectivity index (χ1v) is 8.18. The Kier molecular flexibility index (Phi) is 5.53. The van der Waals surface area contributed by atoms with Crippen LogP contribution in [0.2, 0.25) is 0 Å². The molecule has 1 unspecified atom stereocenters. The van der Waals surface area contributed by atoms with Crippen molar-refractivity contribution in [1.82, 2.24) is 5.32 Å². The molecule has 18 heavy (non-hydrogen) atoms. The number of ether oxygens (including phenoxy) is 1. The fourth-order valence-electron chi connectivity index (χ4n) is 1.97. The van der Waals surface area contributed by atoms with Crippen LogP contribution in [0.15, 0.2) is 12.1 Å². The number of hydrogen-bond acceptors (Lipinski definition) is 5. The van der Waals surface area contributed by atoms with Crippen LogP contribution >= 0.6 is 23.1 Å². The summed E-state index contributed by atoms with van der Waals surface area (Å²) in [4.78, 5) is 13.5. The minimum atomic E-state index is -0.167. The van der Waals surface area contributed by atoms with Crippen LogP contribution < -0.4 is 5.32 Å². The van der Waals surface area contributed by atoms with Crippen molar-refractivity contribution < 1.29 is 9.53 Å². The van der Waals surface area contributed by atoms with Crippen molar-refractivity contribution in [2.24, 2.45) is 5.92 Å². The van der Waals surface area contributed by atoms with Gasteiger partial charge in [-0.05, 0) is 42.5 Å². The topological polar surface area (TPSA) is 38.3 Å². The lowest BCUT2D eigenvalue weighted by Crippen LogP contribution is -2.21. The highest BCUT2D eigenvalue weighted by molar-refractivity contribution is 7.99. The predicted molar refractivity (Wildman–Crippen MR) is 77.2 cm³/mol. The van der Waals surface area contributed by atoms with Crippen LogP contribution in [-0.2, 0) is 22.5 Å². The third kappa shape index (κ3) is 4.30. The molecule has 0 spiro atoms. The lowest BCUT2D eigenvalue weighted by atomic mass is 10.1. The van der Waals surface area contributed by atoms with Crippen LogP contribution in [-0.4, -0.2) is 31.1 Å². The summed E-state index contributed by atoms with van der Waals surface area (Å²) in [6.07, 6.45) is 1.73. The van der Waals surface area contributed by atoms with Crippen molar-refractivity contribution in [3.05, 3.63) is 21.9 Å². The van der Waals surface area contributed by atoms with Crippen LogP contribution in [0.25, 0.3) is 0 Å². The standard InChI is InChI=1S/C13H19NO2S2/c1-16-13(15)6-11-2-3-12(18-11)8-14-7-10-4-5-17-9-10/h2-3,10,14H,4-9H2,1H3. The van der Waals surface area contributed by atoms with Gasteiger partial charge in [-0.1, -0.05) is 0 Å². The molecule has 0 saturated carbocycles. The van der Waals surface area contributed by atoms with E-state index in [0.29, 0.717) is 6.42 Å². The maximum absolute atomic E-state index is 11.1. The summed E-state index contributed by atoms with van der Waals surface area (Å²) in [5.41, 5.74) is 0. The second-order valence-electron chi connectivity index (χ2n) is 4.48. The van der Waals surface area contributed by atoms with Crippen molar-refractivity contribution in [3.63, 3.8) is 0 Å². The molecule has 0 aliphatic carbocycles. The largest absolute Gasteiger partial charge is 0.469 e. The highest BCUT2D eigenvalue weighted by Crippen LogP contribution is 2.23. The summed E-state index contributed by atoms with van der Waals surface area (Å²) in [6, 6.07) is 4.11. The Bertz CT molecular complexity index is 386. The van der Waals surface area contributed by atoms with Gasteiger partial charge in [0.25, 0.3) is 0 Å². The molecule has 1 saturated heterocycles. The lowest BCUT2D eigenvalue weighted by molar-refractivity contribution is -0.139. The third-order valence-electron chi connectivity index (χ3n) is 3.02. The summed E-state index contributed by atoms with van der Waals surface area (Å²) < 4.78 is 4.66. The number of carbonyl (C=O) groups is 1. The normalized spacial score (nSPS) is 19.1. The average molecular weight is 285 g/mol. The molecular formula is C13H19NO2S2. The zero-order valence-electron chi connectivity index (χ0n) is 10.6. The van der Waals surface area contributed by atoms with Crippen LogP contribution in [0.3, 0.4) is 0 Å². The van der Waals surface area contributed by atoms with Gasteiger partial charge in [0.05, 0.1) is 13.5 Å². The van der Waals surface area contributed by atoms with Gasteiger partial charge >= 0.3 is 5.97 Å². The van der Waals surface area contributed by atoms with Gasteiger partial charge < -0.3 is 10.1 Å². The fraction of sp³-hybridized carbons (Fsp3) is 0.615. The second kappa shape index (κ2) is 7.16. The quantitative estimate of drug-likeness (QED) is 0.814. The van der Waals surface area contributed by atoms with Crippen molar-refractivity contribution in [1.29, 1.82) is 0 Å². The highest BCUT2D eigenvalue weighted by Gasteiger charge is 2.14. The number of methoxy groups -OCH3 is 1. The molecule has 1 aliphatic heterocycles. The maximum atomic E-state index is 11.1. The van der Waals surface area contributed by atoms with E-state index in [2.05, 4.69) is 27.9 Å². The molecular weight excluding hydrogens is 266 g/mol. The van der Waals surface area contributed by atoms with Gasteiger partial charge in [0.1, 0.15) is 0 Å². The van der Waals surface area contributed by atoms with E-state index >= 15 is 0 Å². The molecule has 0 radical (unpaired) electrons. The smallest absolute Gasteiger partial charge is 0.310 e. The number of thiophene rings is 1. The monoisotopic (exact) mass is 285 g/mol. The van der Waals surface area contributed by atoms with Gasteiger partial charge in [0.2, 0.25) is 0 Å². The maximum Gasteiger partial charge on any atom is 0.310 e. The van der Waals surface area contributed by atoms with Crippen molar-refractivity contribution >= 4 is 29.1 Å². The summed E-state index contributed by atoms with van der Waals surface area (Å²) in [6.45, 7) is 2.02. The van der Waals surface area contributed by atoms with Crippen LogP contribution in [0.1, 0.15) is 16.2 Å². The molecule has 100 valence electrons. The fourth-order valence-corrected chi connectivity index (χ4v) is 4.23. The van der Waals surface area contributed by atoms with Gasteiger partial charge in [-0.25, -0.2) is 0 Å². The summed E-state index contributed by atoms with van der Waals surface area (Å²) in [5.74, 6) is 3.28. The zero-order chi connectivity index (χ0) is 12.8. The number of nitrogens with one attached hydrogen (secondary N) is 1. The molecule has 1 N–H and O–H groups in total. The molecule has 0 bridgehead atoms. The van der Waals surface area contributed by atoms with Gasteiger partial charge in [-0.3, -0.25) is 4.79 Å². The molecule has 2 rings (SSSR count). The molecule has 2 heterocycles. The zero-order valence-corrected chi connectivity index (χ0v) is 12.2. The Hall–Kier alpha value is -0.520. The van der Waals surface area contributed by atoms with Gasteiger partial charge in [-0.2, -0.15) is 11.8 Å². The van der Waals surface area contributed by atoms with E-state index in [9.17, 15) is 4.79 Å². The molecule has 0 aromatic carbocycles. The van der Waals surface area contributed by atoms with Crippen LogP contribution in [0.5, 0.6) is 0 Å². The van der Waals surface area contributed by atoms with E-state index < -0.39 is 0 Å². The number of carbonyl (C=O) groups excluding carboxylic acids is 1. The SMILES string of the molecule is COC(=O)Cc1ccc(CNCC2CCSC2)s1. The predicted octanol–water partition coefficient (Wildman–Crippen LogP) is 2.31. The molecule has 3 nitrogen and oxygen atoms in total. The van der Waals surface area contributed by atoms with E-state index in [-0.39, 0.29) is 5.97 Å². The molecule has 1 aromatic rings. The Balaban J connectivity index is 1.70. The molecule has 1 atom stereocenters. The number of thioether (sulfide) groups is 1. The first-order valence-electron chi connectivity index (χ1n) is 6.21. The Morgan fingerprint density at radius 1 is 1.50 bits per heavy atom. The summed E-state index contributed by atoms with van der Waals surface area (Å²) in [5, 5.41) is 3.51. The van der Waals surface area contributed by atoms with E-state index in [0.717, 1.165) is 23.9 Å². The molecule has 1 aromatic heterocycles. The third-order valence-corrected chi connectivity index (χ3v) is 5.34. The first kappa shape index (κ1) is 13.9. The van der Waals surface area contributed by atoms with Crippen molar-refractivity contribution in [3.8, 4) is 0 Å². The average Bonchev–Trinajstić information content (AvgIpc) is 3.01. The first-order chi connectivity index (χ1) is 8.78. The molecule has 1 fully saturated rings. The van der Waals surface area contributed by atoms with Crippen molar-refractivity contribution in [2.75, 3.05) is 25.2 Å². The number of rotatable bonds is 6. The number of hydrogen-bond donors (Lipinski definition) is 1. The van der Waals surface area contributed by atoms with Gasteiger partial charge in [0.15, 0.2) is 0 Å². The van der Waals surface area contributed by atoms with E-state index in [1.165, 1.54) is 29.9 Å². The second-order valence-corrected chi connectivity index (χ2v) is 6.88.